The molecule has 7 heteroatoms. The molecule has 0 bridgehead atoms. The molecule has 0 radical (unpaired) electrons. The Kier molecular flexibility index (Phi) is 9.37. The van der Waals surface area contributed by atoms with Crippen LogP contribution in [-0.4, -0.2) is 47.9 Å². The molecule has 0 unspecified atom stereocenters. The maximum Gasteiger partial charge on any atom is 0.253 e. The third-order valence-electron chi connectivity index (χ3n) is 4.01. The van der Waals surface area contributed by atoms with Crippen molar-refractivity contribution < 1.29 is 14.3 Å². The van der Waals surface area contributed by atoms with Gasteiger partial charge >= 0.3 is 0 Å². The summed E-state index contributed by atoms with van der Waals surface area (Å²) in [6.07, 6.45) is 0. The van der Waals surface area contributed by atoms with E-state index in [4.69, 9.17) is 4.74 Å². The van der Waals surface area contributed by atoms with Crippen molar-refractivity contribution in [2.75, 3.05) is 36.5 Å². The van der Waals surface area contributed by atoms with Crippen molar-refractivity contribution in [2.24, 2.45) is 0 Å². The standard InChI is InChI=1S/C21H25BrN2O3S/c1-3-24(4-2)21(26)16-5-9-18(10-6-16)23-20(25)15-28-14-13-27-19-11-7-17(22)8-12-19/h5-12H,3-4,13-15H2,1-2H3,(H,23,25). The number of benzene rings is 2. The van der Waals surface area contributed by atoms with Gasteiger partial charge in [0.05, 0.1) is 12.4 Å². The number of hydrogen-bond acceptors (Lipinski definition) is 4. The molecule has 0 saturated heterocycles. The largest absolute Gasteiger partial charge is 0.493 e. The van der Waals surface area contributed by atoms with Gasteiger partial charge in [-0.2, -0.15) is 0 Å². The second-order valence-corrected chi connectivity index (χ2v) is 7.98. The fourth-order valence-electron chi connectivity index (χ4n) is 2.50. The number of carbonyl (C=O) groups excluding carboxylic acids is 2. The topological polar surface area (TPSA) is 58.6 Å². The summed E-state index contributed by atoms with van der Waals surface area (Å²) in [5.74, 6) is 1.82. The highest BCUT2D eigenvalue weighted by Gasteiger charge is 2.12. The highest BCUT2D eigenvalue weighted by Crippen LogP contribution is 2.16. The smallest absolute Gasteiger partial charge is 0.253 e. The zero-order valence-corrected chi connectivity index (χ0v) is 18.5. The number of rotatable bonds is 10. The van der Waals surface area contributed by atoms with Crippen LogP contribution in [0, 0.1) is 0 Å². The van der Waals surface area contributed by atoms with Gasteiger partial charge in [-0.25, -0.2) is 0 Å². The van der Waals surface area contributed by atoms with E-state index in [1.807, 2.05) is 38.1 Å². The van der Waals surface area contributed by atoms with Crippen molar-refractivity contribution in [1.29, 1.82) is 0 Å². The van der Waals surface area contributed by atoms with Crippen LogP contribution in [0.4, 0.5) is 5.69 Å². The number of anilines is 1. The molecule has 0 aliphatic carbocycles. The van der Waals surface area contributed by atoms with E-state index in [1.54, 1.807) is 29.2 Å². The fraction of sp³-hybridized carbons (Fsp3) is 0.333. The van der Waals surface area contributed by atoms with E-state index in [9.17, 15) is 9.59 Å². The van der Waals surface area contributed by atoms with Crippen LogP contribution in [0.5, 0.6) is 5.75 Å². The third-order valence-corrected chi connectivity index (χ3v) is 5.46. The summed E-state index contributed by atoms with van der Waals surface area (Å²) in [7, 11) is 0. The van der Waals surface area contributed by atoms with Crippen LogP contribution in [-0.2, 0) is 4.79 Å². The normalized spacial score (nSPS) is 10.4. The quantitative estimate of drug-likeness (QED) is 0.518. The van der Waals surface area contributed by atoms with Gasteiger partial charge in [-0.1, -0.05) is 15.9 Å². The molecule has 0 spiro atoms. The van der Waals surface area contributed by atoms with Gasteiger partial charge in [0.15, 0.2) is 0 Å². The van der Waals surface area contributed by atoms with Gasteiger partial charge in [-0.3, -0.25) is 9.59 Å². The van der Waals surface area contributed by atoms with Crippen LogP contribution in [0.15, 0.2) is 53.0 Å². The molecular weight excluding hydrogens is 440 g/mol. The molecule has 0 heterocycles. The van der Waals surface area contributed by atoms with E-state index in [0.717, 1.165) is 16.0 Å². The number of hydrogen-bond donors (Lipinski definition) is 1. The van der Waals surface area contributed by atoms with Gasteiger partial charge in [0.25, 0.3) is 5.91 Å². The Morgan fingerprint density at radius 3 is 2.29 bits per heavy atom. The van der Waals surface area contributed by atoms with Gasteiger partial charge in [0.1, 0.15) is 5.75 Å². The Hall–Kier alpha value is -1.99. The SMILES string of the molecule is CCN(CC)C(=O)c1ccc(NC(=O)CSCCOc2ccc(Br)cc2)cc1. The van der Waals surface area contributed by atoms with Gasteiger partial charge in [-0.15, -0.1) is 11.8 Å². The minimum absolute atomic E-state index is 0.00389. The molecule has 0 aliphatic rings. The molecule has 5 nitrogen and oxygen atoms in total. The lowest BCUT2D eigenvalue weighted by atomic mass is 10.2. The monoisotopic (exact) mass is 464 g/mol. The fourth-order valence-corrected chi connectivity index (χ4v) is 3.37. The molecule has 0 saturated carbocycles. The van der Waals surface area contributed by atoms with E-state index in [1.165, 1.54) is 11.8 Å². The van der Waals surface area contributed by atoms with Crippen LogP contribution in [0.3, 0.4) is 0 Å². The lowest BCUT2D eigenvalue weighted by molar-refractivity contribution is -0.113. The van der Waals surface area contributed by atoms with E-state index in [-0.39, 0.29) is 11.8 Å². The maximum atomic E-state index is 12.3. The van der Waals surface area contributed by atoms with Crippen molar-refractivity contribution in [3.8, 4) is 5.75 Å². The summed E-state index contributed by atoms with van der Waals surface area (Å²) in [6.45, 7) is 5.81. The van der Waals surface area contributed by atoms with Crippen molar-refractivity contribution in [3.63, 3.8) is 0 Å². The Morgan fingerprint density at radius 1 is 1.04 bits per heavy atom. The molecule has 2 rings (SSSR count). The average molecular weight is 465 g/mol. The highest BCUT2D eigenvalue weighted by molar-refractivity contribution is 9.10. The predicted molar refractivity (Wildman–Crippen MR) is 119 cm³/mol. The zero-order valence-electron chi connectivity index (χ0n) is 16.1. The van der Waals surface area contributed by atoms with Crippen LogP contribution < -0.4 is 10.1 Å². The predicted octanol–water partition coefficient (Wildman–Crippen LogP) is 4.68. The number of ether oxygens (including phenoxy) is 1. The molecule has 150 valence electrons. The Labute approximate surface area is 179 Å². The molecule has 2 aromatic rings. The Morgan fingerprint density at radius 2 is 1.68 bits per heavy atom. The number of thioether (sulfide) groups is 1. The summed E-state index contributed by atoms with van der Waals surface area (Å²) in [4.78, 5) is 26.1. The summed E-state index contributed by atoms with van der Waals surface area (Å²) in [6, 6.07) is 14.7. The van der Waals surface area contributed by atoms with Crippen LogP contribution in [0.2, 0.25) is 0 Å². The Bertz CT molecular complexity index is 762. The van der Waals surface area contributed by atoms with Crippen LogP contribution in [0.25, 0.3) is 0 Å². The van der Waals surface area contributed by atoms with Crippen molar-refractivity contribution >= 4 is 45.2 Å². The molecule has 2 aromatic carbocycles. The molecule has 0 aliphatic heterocycles. The summed E-state index contributed by atoms with van der Waals surface area (Å²) in [5, 5.41) is 2.85. The number of nitrogens with one attached hydrogen (secondary N) is 1. The van der Waals surface area contributed by atoms with E-state index >= 15 is 0 Å². The highest BCUT2D eigenvalue weighted by atomic mass is 79.9. The first-order valence-electron chi connectivity index (χ1n) is 9.18. The summed E-state index contributed by atoms with van der Waals surface area (Å²) in [5.41, 5.74) is 1.31. The molecule has 0 atom stereocenters. The first kappa shape index (κ1) is 22.3. The summed E-state index contributed by atoms with van der Waals surface area (Å²) < 4.78 is 6.64. The molecule has 0 aromatic heterocycles. The zero-order chi connectivity index (χ0) is 20.4. The maximum absolute atomic E-state index is 12.3. The number of carbonyl (C=O) groups is 2. The average Bonchev–Trinajstić information content (AvgIpc) is 2.70. The molecule has 1 N–H and O–H groups in total. The number of halogens is 1. The van der Waals surface area contributed by atoms with Crippen molar-refractivity contribution in [3.05, 3.63) is 58.6 Å². The van der Waals surface area contributed by atoms with Gasteiger partial charge in [0.2, 0.25) is 5.91 Å². The lowest BCUT2D eigenvalue weighted by Crippen LogP contribution is -2.30. The first-order chi connectivity index (χ1) is 13.5. The molecule has 0 fully saturated rings. The second-order valence-electron chi connectivity index (χ2n) is 5.96. The molecular formula is C21H25BrN2O3S. The van der Waals surface area contributed by atoms with E-state index in [0.29, 0.717) is 36.7 Å². The third kappa shape index (κ3) is 7.20. The van der Waals surface area contributed by atoms with Gasteiger partial charge in [-0.05, 0) is 62.4 Å². The number of nitrogens with zero attached hydrogens (tertiary/aromatic N) is 1. The lowest BCUT2D eigenvalue weighted by Gasteiger charge is -2.18. The van der Waals surface area contributed by atoms with Gasteiger partial charge in [0, 0.05) is 34.6 Å². The Balaban J connectivity index is 1.69. The van der Waals surface area contributed by atoms with E-state index < -0.39 is 0 Å². The minimum atomic E-state index is -0.0727. The van der Waals surface area contributed by atoms with Crippen LogP contribution in [0.1, 0.15) is 24.2 Å². The van der Waals surface area contributed by atoms with Crippen molar-refractivity contribution in [2.45, 2.75) is 13.8 Å². The first-order valence-corrected chi connectivity index (χ1v) is 11.1. The second kappa shape index (κ2) is 11.8. The van der Waals surface area contributed by atoms with Gasteiger partial charge < -0.3 is 15.0 Å². The minimum Gasteiger partial charge on any atom is -0.493 e. The summed E-state index contributed by atoms with van der Waals surface area (Å²) >= 11 is 4.90. The van der Waals surface area contributed by atoms with E-state index in [2.05, 4.69) is 21.2 Å². The molecule has 28 heavy (non-hydrogen) atoms. The molecule has 2 amide bonds. The number of amides is 2. The van der Waals surface area contributed by atoms with Crippen LogP contribution >= 0.6 is 27.7 Å². The van der Waals surface area contributed by atoms with Crippen molar-refractivity contribution in [1.82, 2.24) is 4.90 Å².